The van der Waals surface area contributed by atoms with Gasteiger partial charge in [0.05, 0.1) is 6.17 Å². The first-order valence-electron chi connectivity index (χ1n) is 5.00. The molecule has 0 aromatic carbocycles. The average Bonchev–Trinajstić information content (AvgIpc) is 2.63. The highest BCUT2D eigenvalue weighted by molar-refractivity contribution is 5.08. The largest absolute Gasteiger partial charge is 0.315 e. The molecule has 0 aliphatic carbocycles. The number of nitrogens with two attached hydrogens (primary N) is 1. The van der Waals surface area contributed by atoms with Crippen LogP contribution in [0.15, 0.2) is 24.5 Å². The molecule has 4 nitrogen and oxygen atoms in total. The maximum Gasteiger partial charge on any atom is 0.0694 e. The number of pyridine rings is 1. The van der Waals surface area contributed by atoms with Crippen LogP contribution in [-0.2, 0) is 6.42 Å². The highest BCUT2D eigenvalue weighted by Crippen LogP contribution is 2.09. The molecule has 1 aliphatic heterocycles. The van der Waals surface area contributed by atoms with Gasteiger partial charge in [-0.05, 0) is 30.9 Å². The third-order valence-electron chi connectivity index (χ3n) is 2.52. The summed E-state index contributed by atoms with van der Waals surface area (Å²) in [6, 6.07) is 4.57. The molecule has 0 bridgehead atoms. The molecule has 2 heterocycles. The quantitative estimate of drug-likeness (QED) is 0.638. The van der Waals surface area contributed by atoms with Gasteiger partial charge in [0.15, 0.2) is 0 Å². The van der Waals surface area contributed by atoms with E-state index in [0.29, 0.717) is 6.04 Å². The fourth-order valence-corrected chi connectivity index (χ4v) is 1.73. The van der Waals surface area contributed by atoms with Crippen molar-refractivity contribution in [1.82, 2.24) is 15.8 Å². The van der Waals surface area contributed by atoms with Crippen molar-refractivity contribution in [2.45, 2.75) is 31.5 Å². The first-order valence-corrected chi connectivity index (χ1v) is 5.00. The summed E-state index contributed by atoms with van der Waals surface area (Å²) in [5.74, 6) is 0. The Morgan fingerprint density at radius 1 is 1.50 bits per heavy atom. The van der Waals surface area contributed by atoms with Gasteiger partial charge in [-0.3, -0.25) is 10.4 Å². The highest BCUT2D eigenvalue weighted by Gasteiger charge is 2.19. The van der Waals surface area contributed by atoms with E-state index in [1.807, 2.05) is 12.3 Å². The zero-order chi connectivity index (χ0) is 9.80. The van der Waals surface area contributed by atoms with Gasteiger partial charge in [-0.2, -0.15) is 0 Å². The molecule has 2 atom stereocenters. The summed E-state index contributed by atoms with van der Waals surface area (Å²) in [6.07, 6.45) is 6.98. The van der Waals surface area contributed by atoms with E-state index in [1.165, 1.54) is 5.56 Å². The van der Waals surface area contributed by atoms with Gasteiger partial charge in [0, 0.05) is 18.4 Å². The lowest BCUT2D eigenvalue weighted by Gasteiger charge is -2.07. The maximum atomic E-state index is 5.71. The Bertz CT molecular complexity index is 275. The molecule has 1 aromatic heterocycles. The van der Waals surface area contributed by atoms with E-state index in [0.717, 1.165) is 19.3 Å². The van der Waals surface area contributed by atoms with Crippen molar-refractivity contribution < 1.29 is 0 Å². The molecule has 2 unspecified atom stereocenters. The van der Waals surface area contributed by atoms with Crippen molar-refractivity contribution in [3.05, 3.63) is 30.1 Å². The molecule has 0 spiro atoms. The van der Waals surface area contributed by atoms with Crippen molar-refractivity contribution in [3.63, 3.8) is 0 Å². The SMILES string of the molecule is NC1CC(CCc2cccnc2)NN1. The minimum Gasteiger partial charge on any atom is -0.315 e. The van der Waals surface area contributed by atoms with Crippen LogP contribution in [0.4, 0.5) is 0 Å². The zero-order valence-corrected chi connectivity index (χ0v) is 8.11. The third kappa shape index (κ3) is 2.51. The standard InChI is InChI=1S/C10H16N4/c11-10-6-9(13-14-10)4-3-8-2-1-5-12-7-8/h1-2,5,7,9-10,13-14H,3-4,6,11H2. The van der Waals surface area contributed by atoms with Crippen LogP contribution in [0.3, 0.4) is 0 Å². The predicted molar refractivity (Wildman–Crippen MR) is 55.2 cm³/mol. The minimum atomic E-state index is 0.105. The van der Waals surface area contributed by atoms with Crippen LogP contribution in [0.1, 0.15) is 18.4 Å². The molecule has 1 aromatic rings. The molecule has 4 heteroatoms. The Labute approximate surface area is 83.9 Å². The second-order valence-electron chi connectivity index (χ2n) is 3.73. The van der Waals surface area contributed by atoms with Crippen molar-refractivity contribution >= 4 is 0 Å². The fraction of sp³-hybridized carbons (Fsp3) is 0.500. The van der Waals surface area contributed by atoms with Crippen LogP contribution in [-0.4, -0.2) is 17.2 Å². The smallest absolute Gasteiger partial charge is 0.0694 e. The first-order chi connectivity index (χ1) is 6.84. The summed E-state index contributed by atoms with van der Waals surface area (Å²) >= 11 is 0. The van der Waals surface area contributed by atoms with E-state index >= 15 is 0 Å². The lowest BCUT2D eigenvalue weighted by Crippen LogP contribution is -2.37. The Balaban J connectivity index is 1.78. The first kappa shape index (κ1) is 9.58. The lowest BCUT2D eigenvalue weighted by atomic mass is 10.1. The van der Waals surface area contributed by atoms with E-state index in [2.05, 4.69) is 21.9 Å². The zero-order valence-electron chi connectivity index (χ0n) is 8.11. The highest BCUT2D eigenvalue weighted by atomic mass is 15.4. The predicted octanol–water partition coefficient (Wildman–Crippen LogP) is 0.165. The number of aryl methyl sites for hydroxylation is 1. The molecule has 76 valence electrons. The van der Waals surface area contributed by atoms with E-state index in [4.69, 9.17) is 5.73 Å². The Hall–Kier alpha value is -0.970. The second kappa shape index (κ2) is 4.50. The summed E-state index contributed by atoms with van der Waals surface area (Å²) in [4.78, 5) is 4.08. The van der Waals surface area contributed by atoms with Crippen molar-refractivity contribution in [3.8, 4) is 0 Å². The second-order valence-corrected chi connectivity index (χ2v) is 3.73. The van der Waals surface area contributed by atoms with Gasteiger partial charge in [0.2, 0.25) is 0 Å². The summed E-state index contributed by atoms with van der Waals surface area (Å²) in [6.45, 7) is 0. The molecule has 1 fully saturated rings. The van der Waals surface area contributed by atoms with Gasteiger partial charge in [-0.15, -0.1) is 0 Å². The molecular weight excluding hydrogens is 176 g/mol. The van der Waals surface area contributed by atoms with Crippen LogP contribution in [0.5, 0.6) is 0 Å². The van der Waals surface area contributed by atoms with Gasteiger partial charge in [-0.1, -0.05) is 6.07 Å². The number of hydrogen-bond donors (Lipinski definition) is 3. The number of nitrogens with zero attached hydrogens (tertiary/aromatic N) is 1. The number of aromatic nitrogens is 1. The summed E-state index contributed by atoms with van der Waals surface area (Å²) < 4.78 is 0. The van der Waals surface area contributed by atoms with Gasteiger partial charge < -0.3 is 5.73 Å². The average molecular weight is 192 g/mol. The number of rotatable bonds is 3. The van der Waals surface area contributed by atoms with E-state index in [9.17, 15) is 0 Å². The molecule has 14 heavy (non-hydrogen) atoms. The molecule has 1 saturated heterocycles. The van der Waals surface area contributed by atoms with Crippen molar-refractivity contribution in [2.24, 2.45) is 5.73 Å². The lowest BCUT2D eigenvalue weighted by molar-refractivity contribution is 0.516. The molecule has 4 N–H and O–H groups in total. The Morgan fingerprint density at radius 3 is 3.07 bits per heavy atom. The number of hydrazine groups is 1. The van der Waals surface area contributed by atoms with Crippen molar-refractivity contribution in [1.29, 1.82) is 0 Å². The Kier molecular flexibility index (Phi) is 3.08. The third-order valence-corrected chi connectivity index (χ3v) is 2.52. The molecule has 2 rings (SSSR count). The monoisotopic (exact) mass is 192 g/mol. The molecular formula is C10H16N4. The Morgan fingerprint density at radius 2 is 2.43 bits per heavy atom. The van der Waals surface area contributed by atoms with Crippen molar-refractivity contribution in [2.75, 3.05) is 0 Å². The fourth-order valence-electron chi connectivity index (χ4n) is 1.73. The topological polar surface area (TPSA) is 63.0 Å². The van der Waals surface area contributed by atoms with Gasteiger partial charge >= 0.3 is 0 Å². The van der Waals surface area contributed by atoms with E-state index in [-0.39, 0.29) is 6.17 Å². The molecule has 1 aliphatic rings. The molecule has 0 saturated carbocycles. The van der Waals surface area contributed by atoms with Crippen LogP contribution >= 0.6 is 0 Å². The summed E-state index contributed by atoms with van der Waals surface area (Å²) in [5.41, 5.74) is 13.2. The summed E-state index contributed by atoms with van der Waals surface area (Å²) in [7, 11) is 0. The van der Waals surface area contributed by atoms with Crippen LogP contribution < -0.4 is 16.6 Å². The van der Waals surface area contributed by atoms with Gasteiger partial charge in [0.1, 0.15) is 0 Å². The molecule has 0 radical (unpaired) electrons. The van der Waals surface area contributed by atoms with Crippen LogP contribution in [0.25, 0.3) is 0 Å². The number of hydrogen-bond acceptors (Lipinski definition) is 4. The van der Waals surface area contributed by atoms with E-state index in [1.54, 1.807) is 6.20 Å². The summed E-state index contributed by atoms with van der Waals surface area (Å²) in [5, 5.41) is 0. The van der Waals surface area contributed by atoms with Crippen LogP contribution in [0.2, 0.25) is 0 Å². The minimum absolute atomic E-state index is 0.105. The normalized spacial score (nSPS) is 26.6. The van der Waals surface area contributed by atoms with Gasteiger partial charge in [0.25, 0.3) is 0 Å². The van der Waals surface area contributed by atoms with Crippen LogP contribution in [0, 0.1) is 0 Å². The number of nitrogens with one attached hydrogen (secondary N) is 2. The van der Waals surface area contributed by atoms with Gasteiger partial charge in [-0.25, -0.2) is 5.43 Å². The molecule has 0 amide bonds. The van der Waals surface area contributed by atoms with E-state index < -0.39 is 0 Å². The maximum absolute atomic E-state index is 5.71.